The van der Waals surface area contributed by atoms with E-state index in [-0.39, 0.29) is 12.0 Å². The van der Waals surface area contributed by atoms with E-state index in [1.54, 1.807) is 6.20 Å². The topological polar surface area (TPSA) is 45.1 Å². The van der Waals surface area contributed by atoms with Crippen LogP contribution in [0.4, 0.5) is 5.82 Å². The number of halogens is 1. The molecule has 0 unspecified atom stereocenters. The molecule has 0 aliphatic heterocycles. The van der Waals surface area contributed by atoms with E-state index in [2.05, 4.69) is 40.1 Å². The standard InChI is InChI=1S/C12H19BrN2O/c1-3-12(4-2,9-16)8-15-11-6-5-10(13)7-14-11/h5-7,16H,3-4,8-9H2,1-2H3,(H,14,15). The number of aromatic nitrogens is 1. The fourth-order valence-electron chi connectivity index (χ4n) is 1.54. The van der Waals surface area contributed by atoms with Gasteiger partial charge in [-0.2, -0.15) is 0 Å². The highest BCUT2D eigenvalue weighted by Crippen LogP contribution is 2.25. The van der Waals surface area contributed by atoms with Gasteiger partial charge < -0.3 is 10.4 Å². The first-order valence-electron chi connectivity index (χ1n) is 5.62. The highest BCUT2D eigenvalue weighted by atomic mass is 79.9. The normalized spacial score (nSPS) is 11.5. The molecule has 1 aromatic heterocycles. The Morgan fingerprint density at radius 1 is 1.38 bits per heavy atom. The third kappa shape index (κ3) is 3.46. The number of pyridine rings is 1. The van der Waals surface area contributed by atoms with Gasteiger partial charge in [-0.3, -0.25) is 0 Å². The van der Waals surface area contributed by atoms with Crippen molar-refractivity contribution in [3.8, 4) is 0 Å². The minimum atomic E-state index is -0.0330. The van der Waals surface area contributed by atoms with Crippen molar-refractivity contribution >= 4 is 21.7 Å². The first kappa shape index (κ1) is 13.5. The highest BCUT2D eigenvalue weighted by molar-refractivity contribution is 9.10. The Balaban J connectivity index is 2.58. The number of rotatable bonds is 6. The summed E-state index contributed by atoms with van der Waals surface area (Å²) in [5.74, 6) is 0.850. The van der Waals surface area contributed by atoms with Crippen LogP contribution in [0.15, 0.2) is 22.8 Å². The largest absolute Gasteiger partial charge is 0.396 e. The molecule has 0 bridgehead atoms. The number of aliphatic hydroxyl groups is 1. The minimum Gasteiger partial charge on any atom is -0.396 e. The molecule has 0 aliphatic carbocycles. The molecule has 90 valence electrons. The summed E-state index contributed by atoms with van der Waals surface area (Å²) in [7, 11) is 0. The van der Waals surface area contributed by atoms with Crippen molar-refractivity contribution in [1.82, 2.24) is 4.98 Å². The van der Waals surface area contributed by atoms with Crippen LogP contribution in [0.25, 0.3) is 0 Å². The van der Waals surface area contributed by atoms with Crippen molar-refractivity contribution in [2.45, 2.75) is 26.7 Å². The van der Waals surface area contributed by atoms with E-state index in [0.717, 1.165) is 29.7 Å². The number of anilines is 1. The lowest BCUT2D eigenvalue weighted by atomic mass is 9.83. The maximum Gasteiger partial charge on any atom is 0.125 e. The summed E-state index contributed by atoms with van der Waals surface area (Å²) in [6.45, 7) is 5.18. The smallest absolute Gasteiger partial charge is 0.125 e. The fourth-order valence-corrected chi connectivity index (χ4v) is 1.77. The van der Waals surface area contributed by atoms with Crippen molar-refractivity contribution in [3.05, 3.63) is 22.8 Å². The molecule has 0 fully saturated rings. The van der Waals surface area contributed by atoms with Crippen LogP contribution in [-0.2, 0) is 0 Å². The molecular weight excluding hydrogens is 268 g/mol. The Hall–Kier alpha value is -0.610. The van der Waals surface area contributed by atoms with Crippen LogP contribution in [0.2, 0.25) is 0 Å². The van der Waals surface area contributed by atoms with Gasteiger partial charge in [0.2, 0.25) is 0 Å². The SMILES string of the molecule is CCC(CC)(CO)CNc1ccc(Br)cn1. The van der Waals surface area contributed by atoms with Crippen LogP contribution < -0.4 is 5.32 Å². The van der Waals surface area contributed by atoms with E-state index >= 15 is 0 Å². The van der Waals surface area contributed by atoms with Gasteiger partial charge in [0, 0.05) is 22.6 Å². The molecule has 16 heavy (non-hydrogen) atoms. The van der Waals surface area contributed by atoms with Crippen LogP contribution >= 0.6 is 15.9 Å². The van der Waals surface area contributed by atoms with E-state index in [9.17, 15) is 5.11 Å². The van der Waals surface area contributed by atoms with Crippen LogP contribution in [-0.4, -0.2) is 23.2 Å². The van der Waals surface area contributed by atoms with Gasteiger partial charge >= 0.3 is 0 Å². The molecule has 0 saturated carbocycles. The molecule has 1 rings (SSSR count). The Labute approximate surface area is 105 Å². The average Bonchev–Trinajstić information content (AvgIpc) is 2.34. The van der Waals surface area contributed by atoms with Crippen molar-refractivity contribution < 1.29 is 5.11 Å². The molecule has 0 spiro atoms. The lowest BCUT2D eigenvalue weighted by Gasteiger charge is -2.29. The van der Waals surface area contributed by atoms with Crippen LogP contribution in [0, 0.1) is 5.41 Å². The van der Waals surface area contributed by atoms with Crippen LogP contribution in [0.5, 0.6) is 0 Å². The molecule has 0 aliphatic rings. The predicted molar refractivity (Wildman–Crippen MR) is 70.5 cm³/mol. The molecule has 3 nitrogen and oxygen atoms in total. The van der Waals surface area contributed by atoms with Gasteiger partial charge in [-0.05, 0) is 40.9 Å². The molecule has 4 heteroatoms. The van der Waals surface area contributed by atoms with E-state index in [4.69, 9.17) is 0 Å². The molecule has 2 N–H and O–H groups in total. The summed E-state index contributed by atoms with van der Waals surface area (Å²) in [6.07, 6.45) is 3.69. The van der Waals surface area contributed by atoms with Gasteiger partial charge in [-0.25, -0.2) is 4.98 Å². The van der Waals surface area contributed by atoms with Gasteiger partial charge in [0.05, 0.1) is 6.61 Å². The second-order valence-electron chi connectivity index (χ2n) is 4.08. The zero-order valence-electron chi connectivity index (χ0n) is 9.83. The van der Waals surface area contributed by atoms with E-state index in [1.165, 1.54) is 0 Å². The third-order valence-electron chi connectivity index (χ3n) is 3.21. The quantitative estimate of drug-likeness (QED) is 0.845. The number of aliphatic hydroxyl groups excluding tert-OH is 1. The van der Waals surface area contributed by atoms with Crippen molar-refractivity contribution in [2.24, 2.45) is 5.41 Å². The predicted octanol–water partition coefficient (Wildman–Crippen LogP) is 3.05. The summed E-state index contributed by atoms with van der Waals surface area (Å²) in [5, 5.41) is 12.7. The molecule has 0 aromatic carbocycles. The second-order valence-corrected chi connectivity index (χ2v) is 5.00. The zero-order valence-corrected chi connectivity index (χ0v) is 11.4. The second kappa shape index (κ2) is 6.21. The number of nitrogens with one attached hydrogen (secondary N) is 1. The molecule has 1 heterocycles. The van der Waals surface area contributed by atoms with Crippen molar-refractivity contribution in [1.29, 1.82) is 0 Å². The van der Waals surface area contributed by atoms with Crippen LogP contribution in [0.3, 0.4) is 0 Å². The maximum absolute atomic E-state index is 9.43. The van der Waals surface area contributed by atoms with Gasteiger partial charge in [-0.15, -0.1) is 0 Å². The van der Waals surface area contributed by atoms with E-state index in [1.807, 2.05) is 12.1 Å². The van der Waals surface area contributed by atoms with E-state index < -0.39 is 0 Å². The first-order valence-corrected chi connectivity index (χ1v) is 6.41. The lowest BCUT2D eigenvalue weighted by Crippen LogP contribution is -2.32. The molecule has 0 atom stereocenters. The number of nitrogens with zero attached hydrogens (tertiary/aromatic N) is 1. The first-order chi connectivity index (χ1) is 7.65. The summed E-state index contributed by atoms with van der Waals surface area (Å²) < 4.78 is 0.970. The summed E-state index contributed by atoms with van der Waals surface area (Å²) in [6, 6.07) is 3.88. The Bertz CT molecular complexity index is 301. The van der Waals surface area contributed by atoms with E-state index in [0.29, 0.717) is 0 Å². The lowest BCUT2D eigenvalue weighted by molar-refractivity contribution is 0.127. The summed E-state index contributed by atoms with van der Waals surface area (Å²) in [4.78, 5) is 4.24. The average molecular weight is 287 g/mol. The highest BCUT2D eigenvalue weighted by Gasteiger charge is 2.24. The van der Waals surface area contributed by atoms with Gasteiger partial charge in [0.1, 0.15) is 5.82 Å². The Morgan fingerprint density at radius 2 is 2.06 bits per heavy atom. The van der Waals surface area contributed by atoms with Crippen molar-refractivity contribution in [3.63, 3.8) is 0 Å². The summed E-state index contributed by atoms with van der Waals surface area (Å²) >= 11 is 3.35. The Morgan fingerprint density at radius 3 is 2.50 bits per heavy atom. The molecule has 0 amide bonds. The minimum absolute atomic E-state index is 0.0330. The van der Waals surface area contributed by atoms with Gasteiger partial charge in [0.25, 0.3) is 0 Å². The maximum atomic E-state index is 9.43. The number of hydrogen-bond donors (Lipinski definition) is 2. The third-order valence-corrected chi connectivity index (χ3v) is 3.68. The zero-order chi connectivity index (χ0) is 12.0. The summed E-state index contributed by atoms with van der Waals surface area (Å²) in [5.41, 5.74) is -0.0330. The molecule has 1 aromatic rings. The molecule has 0 radical (unpaired) electrons. The number of hydrogen-bond acceptors (Lipinski definition) is 3. The van der Waals surface area contributed by atoms with Gasteiger partial charge in [0.15, 0.2) is 0 Å². The fraction of sp³-hybridized carbons (Fsp3) is 0.583. The van der Waals surface area contributed by atoms with Gasteiger partial charge in [-0.1, -0.05) is 13.8 Å². The van der Waals surface area contributed by atoms with Crippen molar-refractivity contribution in [2.75, 3.05) is 18.5 Å². The Kier molecular flexibility index (Phi) is 5.22. The monoisotopic (exact) mass is 286 g/mol. The molecule has 0 saturated heterocycles. The molecular formula is C12H19BrN2O. The van der Waals surface area contributed by atoms with Crippen LogP contribution in [0.1, 0.15) is 26.7 Å².